The van der Waals surface area contributed by atoms with Crippen LogP contribution >= 0.6 is 0 Å². The third-order valence-corrected chi connectivity index (χ3v) is 2.72. The molecule has 4 heteroatoms. The average Bonchev–Trinajstić information content (AvgIpc) is 2.19. The van der Waals surface area contributed by atoms with E-state index >= 15 is 0 Å². The summed E-state index contributed by atoms with van der Waals surface area (Å²) in [6, 6.07) is -0.117. The van der Waals surface area contributed by atoms with Crippen LogP contribution in [0.4, 0.5) is 0 Å². The highest BCUT2D eigenvalue weighted by Crippen LogP contribution is 2.04. The van der Waals surface area contributed by atoms with Crippen LogP contribution in [0.25, 0.3) is 0 Å². The molecule has 2 unspecified atom stereocenters. The molecule has 4 nitrogen and oxygen atoms in total. The maximum absolute atomic E-state index is 9.27. The highest BCUT2D eigenvalue weighted by molar-refractivity contribution is 4.79. The number of likely N-dealkylation sites (N-methyl/N-ethyl adjacent to an activating group) is 1. The minimum absolute atomic E-state index is 0.00167. The summed E-state index contributed by atoms with van der Waals surface area (Å²) in [6.45, 7) is 3.74. The van der Waals surface area contributed by atoms with Crippen molar-refractivity contribution in [2.45, 2.75) is 38.3 Å². The molecule has 0 radical (unpaired) electrons. The summed E-state index contributed by atoms with van der Waals surface area (Å²) in [5.74, 6) is 0. The minimum atomic E-state index is -0.119. The number of rotatable bonds is 9. The van der Waals surface area contributed by atoms with E-state index in [0.717, 1.165) is 13.0 Å². The van der Waals surface area contributed by atoms with E-state index in [1.165, 1.54) is 12.8 Å². The molecule has 0 amide bonds. The van der Waals surface area contributed by atoms with Gasteiger partial charge in [0.1, 0.15) is 0 Å². The summed E-state index contributed by atoms with van der Waals surface area (Å²) in [7, 11) is 3.64. The Bertz CT molecular complexity index is 145. The van der Waals surface area contributed by atoms with Gasteiger partial charge in [-0.2, -0.15) is 0 Å². The fourth-order valence-corrected chi connectivity index (χ4v) is 1.68. The predicted octanol–water partition coefficient (Wildman–Crippen LogP) is 0.443. The standard InChI is InChI=1S/C11H26N2O2/c1-4-5-6-7-13(2)11(8-14)10(12)9-15-3/h10-11,14H,4-9,12H2,1-3H3. The molecule has 0 fully saturated rings. The van der Waals surface area contributed by atoms with Crippen LogP contribution in [0.3, 0.4) is 0 Å². The zero-order valence-electron chi connectivity index (χ0n) is 10.3. The smallest absolute Gasteiger partial charge is 0.0629 e. The molecule has 0 rings (SSSR count). The Morgan fingerprint density at radius 1 is 1.40 bits per heavy atom. The van der Waals surface area contributed by atoms with E-state index < -0.39 is 0 Å². The van der Waals surface area contributed by atoms with Crippen LogP contribution < -0.4 is 5.73 Å². The quantitative estimate of drug-likeness (QED) is 0.551. The highest BCUT2D eigenvalue weighted by atomic mass is 16.5. The van der Waals surface area contributed by atoms with Gasteiger partial charge in [0.05, 0.1) is 13.2 Å². The number of unbranched alkanes of at least 4 members (excludes halogenated alkanes) is 2. The molecule has 0 aliphatic heterocycles. The molecular weight excluding hydrogens is 192 g/mol. The zero-order valence-corrected chi connectivity index (χ0v) is 10.3. The van der Waals surface area contributed by atoms with Gasteiger partial charge in [0.15, 0.2) is 0 Å². The van der Waals surface area contributed by atoms with Crippen LogP contribution in [0, 0.1) is 0 Å². The Morgan fingerprint density at radius 2 is 2.07 bits per heavy atom. The van der Waals surface area contributed by atoms with E-state index in [-0.39, 0.29) is 18.7 Å². The Labute approximate surface area is 93.4 Å². The lowest BCUT2D eigenvalue weighted by molar-refractivity contribution is 0.0845. The number of aliphatic hydroxyl groups is 1. The van der Waals surface area contributed by atoms with Crippen molar-refractivity contribution in [2.75, 3.05) is 33.9 Å². The van der Waals surface area contributed by atoms with E-state index in [1.54, 1.807) is 7.11 Å². The molecule has 0 bridgehead atoms. The lowest BCUT2D eigenvalue weighted by Gasteiger charge is -2.30. The number of methoxy groups -OCH3 is 1. The minimum Gasteiger partial charge on any atom is -0.395 e. The molecule has 0 spiro atoms. The first kappa shape index (κ1) is 14.8. The van der Waals surface area contributed by atoms with Crippen LogP contribution in [-0.4, -0.2) is 56.0 Å². The van der Waals surface area contributed by atoms with Gasteiger partial charge in [-0.3, -0.25) is 4.90 Å². The average molecular weight is 218 g/mol. The summed E-state index contributed by atoms with van der Waals surface area (Å²) < 4.78 is 5.00. The topological polar surface area (TPSA) is 58.7 Å². The number of nitrogens with two attached hydrogens (primary N) is 1. The summed E-state index contributed by atoms with van der Waals surface area (Å²) in [4.78, 5) is 2.12. The molecule has 0 saturated carbocycles. The summed E-state index contributed by atoms with van der Waals surface area (Å²) in [5.41, 5.74) is 5.92. The van der Waals surface area contributed by atoms with Gasteiger partial charge < -0.3 is 15.6 Å². The van der Waals surface area contributed by atoms with Crippen molar-refractivity contribution >= 4 is 0 Å². The molecule has 0 aliphatic rings. The van der Waals surface area contributed by atoms with Crippen molar-refractivity contribution in [3.8, 4) is 0 Å². The Kier molecular flexibility index (Phi) is 9.00. The Balaban J connectivity index is 3.91. The molecule has 0 heterocycles. The predicted molar refractivity (Wildman–Crippen MR) is 62.9 cm³/mol. The van der Waals surface area contributed by atoms with Crippen molar-refractivity contribution in [2.24, 2.45) is 5.73 Å². The fourth-order valence-electron chi connectivity index (χ4n) is 1.68. The number of hydrogen-bond acceptors (Lipinski definition) is 4. The molecule has 92 valence electrons. The number of hydrogen-bond donors (Lipinski definition) is 2. The second-order valence-electron chi connectivity index (χ2n) is 4.06. The summed E-state index contributed by atoms with van der Waals surface area (Å²) in [5, 5.41) is 9.27. The van der Waals surface area contributed by atoms with Crippen molar-refractivity contribution in [3.05, 3.63) is 0 Å². The number of aliphatic hydroxyl groups excluding tert-OH is 1. The molecule has 2 atom stereocenters. The van der Waals surface area contributed by atoms with Crippen LogP contribution in [0.1, 0.15) is 26.2 Å². The van der Waals surface area contributed by atoms with Crippen molar-refractivity contribution in [1.82, 2.24) is 4.90 Å². The van der Waals surface area contributed by atoms with Gasteiger partial charge in [-0.15, -0.1) is 0 Å². The van der Waals surface area contributed by atoms with Crippen molar-refractivity contribution in [1.29, 1.82) is 0 Å². The van der Waals surface area contributed by atoms with Gasteiger partial charge in [0.25, 0.3) is 0 Å². The summed E-state index contributed by atoms with van der Waals surface area (Å²) in [6.07, 6.45) is 3.59. The largest absolute Gasteiger partial charge is 0.395 e. The molecule has 3 N–H and O–H groups in total. The van der Waals surface area contributed by atoms with Crippen LogP contribution in [0.15, 0.2) is 0 Å². The molecule has 0 aliphatic carbocycles. The van der Waals surface area contributed by atoms with Gasteiger partial charge in [-0.1, -0.05) is 19.8 Å². The first-order valence-electron chi connectivity index (χ1n) is 5.73. The monoisotopic (exact) mass is 218 g/mol. The van der Waals surface area contributed by atoms with Gasteiger partial charge in [0.2, 0.25) is 0 Å². The van der Waals surface area contributed by atoms with E-state index in [2.05, 4.69) is 11.8 Å². The number of nitrogens with zero attached hydrogens (tertiary/aromatic N) is 1. The first-order valence-corrected chi connectivity index (χ1v) is 5.73. The van der Waals surface area contributed by atoms with E-state index in [0.29, 0.717) is 6.61 Å². The Hall–Kier alpha value is -0.160. The second-order valence-corrected chi connectivity index (χ2v) is 4.06. The Morgan fingerprint density at radius 3 is 2.53 bits per heavy atom. The van der Waals surface area contributed by atoms with Crippen LogP contribution in [0.5, 0.6) is 0 Å². The SMILES string of the molecule is CCCCCN(C)C(CO)C(N)COC. The van der Waals surface area contributed by atoms with Crippen molar-refractivity contribution in [3.63, 3.8) is 0 Å². The normalized spacial score (nSPS) is 15.6. The third kappa shape index (κ3) is 6.10. The lowest BCUT2D eigenvalue weighted by atomic mass is 10.1. The van der Waals surface area contributed by atoms with E-state index in [9.17, 15) is 5.11 Å². The zero-order chi connectivity index (χ0) is 11.7. The molecule has 0 aromatic rings. The van der Waals surface area contributed by atoms with Gasteiger partial charge in [0, 0.05) is 19.2 Å². The van der Waals surface area contributed by atoms with Crippen molar-refractivity contribution < 1.29 is 9.84 Å². The van der Waals surface area contributed by atoms with Gasteiger partial charge in [-0.05, 0) is 20.0 Å². The molecule has 15 heavy (non-hydrogen) atoms. The summed E-state index contributed by atoms with van der Waals surface area (Å²) >= 11 is 0. The number of ether oxygens (including phenoxy) is 1. The fraction of sp³-hybridized carbons (Fsp3) is 1.00. The van der Waals surface area contributed by atoms with E-state index in [4.69, 9.17) is 10.5 Å². The molecule has 0 saturated heterocycles. The second kappa shape index (κ2) is 9.09. The maximum atomic E-state index is 9.27. The lowest BCUT2D eigenvalue weighted by Crippen LogP contribution is -2.50. The van der Waals surface area contributed by atoms with Crippen LogP contribution in [0.2, 0.25) is 0 Å². The molecule has 0 aromatic carbocycles. The maximum Gasteiger partial charge on any atom is 0.0629 e. The first-order chi connectivity index (χ1) is 7.17. The van der Waals surface area contributed by atoms with Gasteiger partial charge in [-0.25, -0.2) is 0 Å². The van der Waals surface area contributed by atoms with Crippen LogP contribution in [-0.2, 0) is 4.74 Å². The highest BCUT2D eigenvalue weighted by Gasteiger charge is 2.20. The molecule has 0 aromatic heterocycles. The third-order valence-electron chi connectivity index (χ3n) is 2.72. The van der Waals surface area contributed by atoms with Gasteiger partial charge >= 0.3 is 0 Å². The van der Waals surface area contributed by atoms with E-state index in [1.807, 2.05) is 7.05 Å². The molecular formula is C11H26N2O2.